The minimum atomic E-state index is -3.56. The summed E-state index contributed by atoms with van der Waals surface area (Å²) in [5.74, 6) is -0.261. The van der Waals surface area contributed by atoms with Gasteiger partial charge in [0.1, 0.15) is 0 Å². The normalized spacial score (nSPS) is 14.0. The van der Waals surface area contributed by atoms with E-state index in [9.17, 15) is 13.2 Å². The number of hydrogen-bond acceptors (Lipinski definition) is 4. The molecule has 2 aromatic carbocycles. The van der Waals surface area contributed by atoms with Crippen molar-refractivity contribution >= 4 is 33.2 Å². The molecule has 1 amide bonds. The van der Waals surface area contributed by atoms with Crippen molar-refractivity contribution in [2.24, 2.45) is 0 Å². The third-order valence-corrected chi connectivity index (χ3v) is 6.17. The Balaban J connectivity index is 2.06. The predicted octanol–water partition coefficient (Wildman–Crippen LogP) is 3.27. The minimum absolute atomic E-state index is 0.0788. The molecule has 2 rings (SSSR count). The Bertz CT molecular complexity index is 916. The van der Waals surface area contributed by atoms with Gasteiger partial charge in [0, 0.05) is 30.8 Å². The second kappa shape index (κ2) is 8.84. The van der Waals surface area contributed by atoms with Crippen molar-refractivity contribution < 1.29 is 13.2 Å². The third kappa shape index (κ3) is 5.52. The van der Waals surface area contributed by atoms with E-state index in [1.54, 1.807) is 25.1 Å². The first kappa shape index (κ1) is 21.4. The Labute approximate surface area is 165 Å². The van der Waals surface area contributed by atoms with E-state index >= 15 is 0 Å². The van der Waals surface area contributed by atoms with Crippen LogP contribution in [0.4, 0.5) is 5.69 Å². The molecule has 0 bridgehead atoms. The largest absolute Gasteiger partial charge is 0.325 e. The molecule has 0 aliphatic heterocycles. The molecule has 0 aliphatic rings. The highest BCUT2D eigenvalue weighted by Crippen LogP contribution is 2.20. The SMILES string of the molecule is C[C@@H](N[C@H](C)c1cccc(Cl)c1)C(=O)Nc1cccc(S(=O)(=O)N(C)C)c1. The van der Waals surface area contributed by atoms with Crippen molar-refractivity contribution in [3.8, 4) is 0 Å². The Kier molecular flexibility index (Phi) is 7.00. The zero-order valence-corrected chi connectivity index (χ0v) is 17.3. The van der Waals surface area contributed by atoms with Crippen molar-refractivity contribution in [3.05, 3.63) is 59.1 Å². The number of nitrogens with zero attached hydrogens (tertiary/aromatic N) is 1. The lowest BCUT2D eigenvalue weighted by Gasteiger charge is -2.20. The van der Waals surface area contributed by atoms with E-state index in [0.29, 0.717) is 10.7 Å². The summed E-state index contributed by atoms with van der Waals surface area (Å²) in [4.78, 5) is 12.6. The van der Waals surface area contributed by atoms with E-state index in [0.717, 1.165) is 9.87 Å². The maximum atomic E-state index is 12.5. The fourth-order valence-corrected chi connectivity index (χ4v) is 3.67. The number of benzene rings is 2. The molecule has 2 aromatic rings. The molecule has 0 unspecified atom stereocenters. The molecule has 0 saturated carbocycles. The van der Waals surface area contributed by atoms with E-state index < -0.39 is 16.1 Å². The average Bonchev–Trinajstić information content (AvgIpc) is 2.61. The number of anilines is 1. The highest BCUT2D eigenvalue weighted by atomic mass is 35.5. The summed E-state index contributed by atoms with van der Waals surface area (Å²) in [5, 5.41) is 6.60. The van der Waals surface area contributed by atoms with Gasteiger partial charge in [-0.25, -0.2) is 12.7 Å². The van der Waals surface area contributed by atoms with Crippen LogP contribution in [-0.2, 0) is 14.8 Å². The van der Waals surface area contributed by atoms with Gasteiger partial charge in [-0.15, -0.1) is 0 Å². The Morgan fingerprint density at radius 3 is 2.37 bits per heavy atom. The van der Waals surface area contributed by atoms with Crippen LogP contribution in [-0.4, -0.2) is 38.8 Å². The van der Waals surface area contributed by atoms with E-state index in [4.69, 9.17) is 11.6 Å². The number of halogens is 1. The number of carbonyl (C=O) groups is 1. The number of nitrogens with one attached hydrogen (secondary N) is 2. The Morgan fingerprint density at radius 1 is 1.07 bits per heavy atom. The lowest BCUT2D eigenvalue weighted by atomic mass is 10.1. The van der Waals surface area contributed by atoms with Gasteiger partial charge in [0.2, 0.25) is 15.9 Å². The smallest absolute Gasteiger partial charge is 0.242 e. The standard InChI is InChI=1S/C19H24ClN3O3S/c1-13(15-7-5-8-16(20)11-15)21-14(2)19(24)22-17-9-6-10-18(12-17)27(25,26)23(3)4/h5-14,21H,1-4H3,(H,22,24)/t13-,14-/m1/s1. The molecule has 0 spiro atoms. The van der Waals surface area contributed by atoms with Gasteiger partial charge in [0.05, 0.1) is 10.9 Å². The van der Waals surface area contributed by atoms with Crippen LogP contribution >= 0.6 is 11.6 Å². The summed E-state index contributed by atoms with van der Waals surface area (Å²) in [7, 11) is -0.636. The molecule has 6 nitrogen and oxygen atoms in total. The predicted molar refractivity (Wildman–Crippen MR) is 108 cm³/mol. The van der Waals surface area contributed by atoms with Crippen LogP contribution in [0.25, 0.3) is 0 Å². The highest BCUT2D eigenvalue weighted by molar-refractivity contribution is 7.89. The molecule has 0 radical (unpaired) electrons. The quantitative estimate of drug-likeness (QED) is 0.735. The number of sulfonamides is 1. The topological polar surface area (TPSA) is 78.5 Å². The molecule has 8 heteroatoms. The fraction of sp³-hybridized carbons (Fsp3) is 0.316. The molecule has 0 aromatic heterocycles. The number of carbonyl (C=O) groups excluding carboxylic acids is 1. The van der Waals surface area contributed by atoms with E-state index in [1.165, 1.54) is 26.2 Å². The van der Waals surface area contributed by atoms with Crippen molar-refractivity contribution in [3.63, 3.8) is 0 Å². The molecule has 2 N–H and O–H groups in total. The first-order valence-electron chi connectivity index (χ1n) is 8.46. The average molecular weight is 410 g/mol. The maximum absolute atomic E-state index is 12.5. The van der Waals surface area contributed by atoms with E-state index in [-0.39, 0.29) is 16.8 Å². The third-order valence-electron chi connectivity index (χ3n) is 4.12. The zero-order valence-electron chi connectivity index (χ0n) is 15.7. The van der Waals surface area contributed by atoms with Crippen LogP contribution in [0.2, 0.25) is 5.02 Å². The molecule has 0 saturated heterocycles. The van der Waals surface area contributed by atoms with Crippen LogP contribution in [0.15, 0.2) is 53.4 Å². The monoisotopic (exact) mass is 409 g/mol. The molecular formula is C19H24ClN3O3S. The van der Waals surface area contributed by atoms with Gasteiger partial charge < -0.3 is 5.32 Å². The van der Waals surface area contributed by atoms with Gasteiger partial charge in [-0.05, 0) is 49.7 Å². The molecular weight excluding hydrogens is 386 g/mol. The minimum Gasteiger partial charge on any atom is -0.325 e. The number of rotatable bonds is 7. The lowest BCUT2D eigenvalue weighted by molar-refractivity contribution is -0.117. The summed E-state index contributed by atoms with van der Waals surface area (Å²) in [6.07, 6.45) is 0. The molecule has 146 valence electrons. The van der Waals surface area contributed by atoms with Crippen LogP contribution in [0.3, 0.4) is 0 Å². The van der Waals surface area contributed by atoms with Crippen LogP contribution < -0.4 is 10.6 Å². The molecule has 2 atom stereocenters. The second-order valence-electron chi connectivity index (χ2n) is 6.47. The summed E-state index contributed by atoms with van der Waals surface area (Å²) in [6.45, 7) is 3.69. The fourth-order valence-electron chi connectivity index (χ4n) is 2.52. The van der Waals surface area contributed by atoms with Gasteiger partial charge in [-0.2, -0.15) is 0 Å². The van der Waals surface area contributed by atoms with Crippen molar-refractivity contribution in [2.75, 3.05) is 19.4 Å². The molecule has 0 fully saturated rings. The first-order chi connectivity index (χ1) is 12.6. The zero-order chi connectivity index (χ0) is 20.2. The van der Waals surface area contributed by atoms with Crippen molar-refractivity contribution in [1.82, 2.24) is 9.62 Å². The summed E-state index contributed by atoms with van der Waals surface area (Å²) >= 11 is 6.01. The molecule has 27 heavy (non-hydrogen) atoms. The number of amides is 1. The summed E-state index contributed by atoms with van der Waals surface area (Å²) in [5.41, 5.74) is 1.40. The van der Waals surface area contributed by atoms with Gasteiger partial charge in [-0.1, -0.05) is 29.8 Å². The van der Waals surface area contributed by atoms with Crippen LogP contribution in [0, 0.1) is 0 Å². The van der Waals surface area contributed by atoms with Crippen LogP contribution in [0.5, 0.6) is 0 Å². The maximum Gasteiger partial charge on any atom is 0.242 e. The van der Waals surface area contributed by atoms with Gasteiger partial charge >= 0.3 is 0 Å². The molecule has 0 aliphatic carbocycles. The summed E-state index contributed by atoms with van der Waals surface area (Å²) < 4.78 is 25.6. The Morgan fingerprint density at radius 2 is 1.74 bits per heavy atom. The van der Waals surface area contributed by atoms with Crippen molar-refractivity contribution in [2.45, 2.75) is 30.8 Å². The van der Waals surface area contributed by atoms with E-state index in [1.807, 2.05) is 25.1 Å². The number of hydrogen-bond donors (Lipinski definition) is 2. The molecule has 0 heterocycles. The van der Waals surface area contributed by atoms with E-state index in [2.05, 4.69) is 10.6 Å². The lowest BCUT2D eigenvalue weighted by Crippen LogP contribution is -2.39. The first-order valence-corrected chi connectivity index (χ1v) is 10.3. The highest BCUT2D eigenvalue weighted by Gasteiger charge is 2.19. The van der Waals surface area contributed by atoms with Gasteiger partial charge in [0.25, 0.3) is 0 Å². The van der Waals surface area contributed by atoms with Crippen molar-refractivity contribution in [1.29, 1.82) is 0 Å². The second-order valence-corrected chi connectivity index (χ2v) is 9.06. The van der Waals surface area contributed by atoms with Gasteiger partial charge in [-0.3, -0.25) is 10.1 Å². The van der Waals surface area contributed by atoms with Gasteiger partial charge in [0.15, 0.2) is 0 Å². The van der Waals surface area contributed by atoms with Crippen LogP contribution in [0.1, 0.15) is 25.5 Å². The Hall–Kier alpha value is -1.93. The summed E-state index contributed by atoms with van der Waals surface area (Å²) in [6, 6.07) is 13.0.